The van der Waals surface area contributed by atoms with E-state index in [1.165, 1.54) is 5.56 Å². The largest absolute Gasteiger partial charge is 0.340 e. The molecule has 2 aliphatic rings. The minimum atomic E-state index is -0.235. The van der Waals surface area contributed by atoms with Gasteiger partial charge in [0.1, 0.15) is 0 Å². The number of hydrogen-bond donors (Lipinski definition) is 0. The summed E-state index contributed by atoms with van der Waals surface area (Å²) >= 11 is 0. The molecule has 1 aromatic heterocycles. The fraction of sp³-hybridized carbons (Fsp3) is 0.500. The van der Waals surface area contributed by atoms with Crippen molar-refractivity contribution in [2.24, 2.45) is 5.92 Å². The van der Waals surface area contributed by atoms with E-state index < -0.39 is 0 Å². The first-order valence-electron chi connectivity index (χ1n) is 10.4. The van der Waals surface area contributed by atoms with Gasteiger partial charge in [0, 0.05) is 70.3 Å². The number of carbonyl (C=O) groups is 2. The maximum atomic E-state index is 13.0. The molecule has 0 bridgehead atoms. The Morgan fingerprint density at radius 3 is 2.59 bits per heavy atom. The number of hydrogen-bond acceptors (Lipinski definition) is 4. The van der Waals surface area contributed by atoms with Crippen LogP contribution in [0.1, 0.15) is 17.5 Å². The third kappa shape index (κ3) is 4.34. The number of nitrogens with zero attached hydrogens (tertiary/aromatic N) is 5. The fourth-order valence-electron chi connectivity index (χ4n) is 4.14. The number of aryl methyl sites for hydroxylation is 2. The molecule has 1 aromatic carbocycles. The van der Waals surface area contributed by atoms with Gasteiger partial charge >= 0.3 is 0 Å². The lowest BCUT2D eigenvalue weighted by Gasteiger charge is -2.35. The molecule has 3 heterocycles. The van der Waals surface area contributed by atoms with Gasteiger partial charge in [-0.3, -0.25) is 14.5 Å². The highest BCUT2D eigenvalue weighted by atomic mass is 16.2. The molecule has 1 atom stereocenters. The Bertz CT molecular complexity index is 871. The zero-order valence-electron chi connectivity index (χ0n) is 17.3. The molecule has 4 rings (SSSR count). The van der Waals surface area contributed by atoms with Crippen molar-refractivity contribution in [2.75, 3.05) is 44.2 Å². The molecule has 2 amide bonds. The van der Waals surface area contributed by atoms with E-state index in [0.717, 1.165) is 50.5 Å². The van der Waals surface area contributed by atoms with Crippen molar-refractivity contribution >= 4 is 17.5 Å². The van der Waals surface area contributed by atoms with E-state index in [2.05, 4.69) is 21.4 Å². The van der Waals surface area contributed by atoms with Crippen molar-refractivity contribution in [1.82, 2.24) is 19.4 Å². The molecule has 0 saturated carbocycles. The number of amides is 2. The molecule has 7 heteroatoms. The number of anilines is 1. The second-order valence-corrected chi connectivity index (χ2v) is 8.14. The van der Waals surface area contributed by atoms with Crippen molar-refractivity contribution in [2.45, 2.75) is 26.8 Å². The van der Waals surface area contributed by atoms with Crippen molar-refractivity contribution in [3.05, 3.63) is 48.0 Å². The fourth-order valence-corrected chi connectivity index (χ4v) is 4.14. The van der Waals surface area contributed by atoms with Crippen LogP contribution in [0.5, 0.6) is 0 Å². The third-order valence-electron chi connectivity index (χ3n) is 6.19. The van der Waals surface area contributed by atoms with Crippen molar-refractivity contribution in [3.63, 3.8) is 0 Å². The number of benzene rings is 1. The highest BCUT2D eigenvalue weighted by Gasteiger charge is 2.37. The Labute approximate surface area is 171 Å². The molecule has 0 radical (unpaired) electrons. The maximum Gasteiger partial charge on any atom is 0.228 e. The SMILES string of the molecule is Cc1ccc(N2CC(C(=O)N3CCN(CCn4ccnc4)CC3)CC2=O)cc1C. The van der Waals surface area contributed by atoms with Crippen LogP contribution in [0, 0.1) is 19.8 Å². The lowest BCUT2D eigenvalue weighted by Crippen LogP contribution is -2.51. The molecule has 2 saturated heterocycles. The van der Waals surface area contributed by atoms with Gasteiger partial charge in [-0.15, -0.1) is 0 Å². The van der Waals surface area contributed by atoms with E-state index in [9.17, 15) is 9.59 Å². The molecule has 0 spiro atoms. The van der Waals surface area contributed by atoms with Crippen LogP contribution < -0.4 is 4.90 Å². The van der Waals surface area contributed by atoms with Gasteiger partial charge in [-0.2, -0.15) is 0 Å². The molecular formula is C22H29N5O2. The van der Waals surface area contributed by atoms with E-state index >= 15 is 0 Å². The van der Waals surface area contributed by atoms with Gasteiger partial charge < -0.3 is 14.4 Å². The molecule has 0 aliphatic carbocycles. The van der Waals surface area contributed by atoms with E-state index in [-0.39, 0.29) is 17.7 Å². The first kappa shape index (κ1) is 19.6. The summed E-state index contributed by atoms with van der Waals surface area (Å²) < 4.78 is 2.07. The van der Waals surface area contributed by atoms with Crippen LogP contribution in [-0.2, 0) is 16.1 Å². The summed E-state index contributed by atoms with van der Waals surface area (Å²) in [6, 6.07) is 6.06. The normalized spacial score (nSPS) is 20.5. The van der Waals surface area contributed by atoms with Gasteiger partial charge in [-0.25, -0.2) is 4.98 Å². The summed E-state index contributed by atoms with van der Waals surface area (Å²) in [5, 5.41) is 0. The molecule has 29 heavy (non-hydrogen) atoms. The molecule has 7 nitrogen and oxygen atoms in total. The van der Waals surface area contributed by atoms with Gasteiger partial charge in [0.2, 0.25) is 11.8 Å². The molecule has 0 N–H and O–H groups in total. The van der Waals surface area contributed by atoms with Crippen LogP contribution in [0.2, 0.25) is 0 Å². The van der Waals surface area contributed by atoms with Gasteiger partial charge in [0.15, 0.2) is 0 Å². The highest BCUT2D eigenvalue weighted by molar-refractivity contribution is 6.00. The molecule has 2 aromatic rings. The highest BCUT2D eigenvalue weighted by Crippen LogP contribution is 2.28. The smallest absolute Gasteiger partial charge is 0.228 e. The van der Waals surface area contributed by atoms with E-state index in [0.29, 0.717) is 13.0 Å². The van der Waals surface area contributed by atoms with E-state index in [1.807, 2.05) is 42.5 Å². The van der Waals surface area contributed by atoms with Gasteiger partial charge in [0.25, 0.3) is 0 Å². The van der Waals surface area contributed by atoms with Crippen LogP contribution in [0.15, 0.2) is 36.9 Å². The lowest BCUT2D eigenvalue weighted by atomic mass is 10.1. The summed E-state index contributed by atoms with van der Waals surface area (Å²) in [7, 11) is 0. The van der Waals surface area contributed by atoms with E-state index in [4.69, 9.17) is 0 Å². The Morgan fingerprint density at radius 1 is 1.10 bits per heavy atom. The topological polar surface area (TPSA) is 61.7 Å². The number of piperazine rings is 1. The standard InChI is InChI=1S/C22H29N5O2/c1-17-3-4-20(13-18(17)2)27-15-19(14-21(27)28)22(29)26-11-9-24(10-12-26)7-8-25-6-5-23-16-25/h3-6,13,16,19H,7-12,14-15H2,1-2H3. The van der Waals surface area contributed by atoms with Gasteiger partial charge in [-0.05, 0) is 37.1 Å². The second-order valence-electron chi connectivity index (χ2n) is 8.14. The van der Waals surface area contributed by atoms with E-state index in [1.54, 1.807) is 11.1 Å². The first-order valence-corrected chi connectivity index (χ1v) is 10.4. The van der Waals surface area contributed by atoms with Crippen LogP contribution in [0.25, 0.3) is 0 Å². The Morgan fingerprint density at radius 2 is 1.90 bits per heavy atom. The van der Waals surface area contributed by atoms with Crippen LogP contribution in [-0.4, -0.2) is 70.4 Å². The summed E-state index contributed by atoms with van der Waals surface area (Å²) in [4.78, 5) is 35.7. The summed E-state index contributed by atoms with van der Waals surface area (Å²) in [6.45, 7) is 9.69. The zero-order valence-corrected chi connectivity index (χ0v) is 17.3. The van der Waals surface area contributed by atoms with Gasteiger partial charge in [-0.1, -0.05) is 6.07 Å². The average Bonchev–Trinajstić information content (AvgIpc) is 3.38. The monoisotopic (exact) mass is 395 g/mol. The predicted octanol–water partition coefficient (Wildman–Crippen LogP) is 1.70. The lowest BCUT2D eigenvalue weighted by molar-refractivity contribution is -0.137. The minimum absolute atomic E-state index is 0.0468. The molecule has 2 fully saturated rings. The minimum Gasteiger partial charge on any atom is -0.340 e. The quantitative estimate of drug-likeness (QED) is 0.773. The van der Waals surface area contributed by atoms with Crippen LogP contribution >= 0.6 is 0 Å². The van der Waals surface area contributed by atoms with Crippen LogP contribution in [0.4, 0.5) is 5.69 Å². The van der Waals surface area contributed by atoms with Crippen molar-refractivity contribution < 1.29 is 9.59 Å². The Hall–Kier alpha value is -2.67. The second kappa shape index (κ2) is 8.37. The summed E-state index contributed by atoms with van der Waals surface area (Å²) in [5.74, 6) is -0.0638. The summed E-state index contributed by atoms with van der Waals surface area (Å²) in [5.41, 5.74) is 3.27. The molecule has 2 aliphatic heterocycles. The van der Waals surface area contributed by atoms with Crippen molar-refractivity contribution in [1.29, 1.82) is 0 Å². The Balaban J connectivity index is 1.30. The molecule has 154 valence electrons. The average molecular weight is 396 g/mol. The van der Waals surface area contributed by atoms with Gasteiger partial charge in [0.05, 0.1) is 12.2 Å². The first-order chi connectivity index (χ1) is 14.0. The number of carbonyl (C=O) groups excluding carboxylic acids is 2. The number of rotatable bonds is 5. The Kier molecular flexibility index (Phi) is 5.67. The maximum absolute atomic E-state index is 13.0. The number of aromatic nitrogens is 2. The molecular weight excluding hydrogens is 366 g/mol. The predicted molar refractivity (Wildman–Crippen MR) is 112 cm³/mol. The molecule has 1 unspecified atom stereocenters. The van der Waals surface area contributed by atoms with Crippen LogP contribution in [0.3, 0.4) is 0 Å². The third-order valence-corrected chi connectivity index (χ3v) is 6.19. The van der Waals surface area contributed by atoms with Crippen molar-refractivity contribution in [3.8, 4) is 0 Å². The number of imidazole rings is 1. The summed E-state index contributed by atoms with van der Waals surface area (Å²) in [6.07, 6.45) is 5.91. The zero-order chi connectivity index (χ0) is 20.4.